The van der Waals surface area contributed by atoms with Gasteiger partial charge in [0.1, 0.15) is 11.5 Å². The molecule has 0 spiro atoms. The Labute approximate surface area is 189 Å². The lowest BCUT2D eigenvalue weighted by Crippen LogP contribution is -2.23. The van der Waals surface area contributed by atoms with Crippen molar-refractivity contribution in [3.05, 3.63) is 80.4 Å². The lowest BCUT2D eigenvalue weighted by Gasteiger charge is -2.08. The number of furan rings is 1. The molecule has 0 radical (unpaired) electrons. The van der Waals surface area contributed by atoms with Crippen molar-refractivity contribution in [2.24, 2.45) is 4.99 Å². The van der Waals surface area contributed by atoms with Gasteiger partial charge in [-0.2, -0.15) is 0 Å². The van der Waals surface area contributed by atoms with E-state index in [0.29, 0.717) is 37.2 Å². The molecular weight excluding hydrogens is 439 g/mol. The highest BCUT2D eigenvalue weighted by Crippen LogP contribution is 2.36. The van der Waals surface area contributed by atoms with Gasteiger partial charge in [-0.1, -0.05) is 29.3 Å². The zero-order valence-corrected chi connectivity index (χ0v) is 18.9. The van der Waals surface area contributed by atoms with Gasteiger partial charge < -0.3 is 4.42 Å². The van der Waals surface area contributed by atoms with Crippen LogP contribution in [0.4, 0.5) is 5.69 Å². The third-order valence-corrected chi connectivity index (χ3v) is 6.44. The van der Waals surface area contributed by atoms with Gasteiger partial charge >= 0.3 is 0 Å². The normalized spacial score (nSPS) is 16.8. The van der Waals surface area contributed by atoms with E-state index in [1.165, 1.54) is 17.3 Å². The van der Waals surface area contributed by atoms with E-state index in [1.54, 1.807) is 42.3 Å². The minimum absolute atomic E-state index is 0.124. The van der Waals surface area contributed by atoms with E-state index in [2.05, 4.69) is 11.9 Å². The molecule has 1 aliphatic heterocycles. The minimum atomic E-state index is -0.124. The first-order chi connectivity index (χ1) is 14.3. The van der Waals surface area contributed by atoms with E-state index in [9.17, 15) is 4.79 Å². The number of aliphatic imine (C=N–C) groups is 1. The van der Waals surface area contributed by atoms with Crippen molar-refractivity contribution in [2.75, 3.05) is 7.05 Å². The minimum Gasteiger partial charge on any atom is -0.457 e. The smallest absolute Gasteiger partial charge is 0.266 e. The molecule has 4 rings (SSSR count). The van der Waals surface area contributed by atoms with Gasteiger partial charge in [0.25, 0.3) is 5.91 Å². The summed E-state index contributed by atoms with van der Waals surface area (Å²) >= 11 is 13.6. The van der Waals surface area contributed by atoms with Crippen LogP contribution in [-0.2, 0) is 4.79 Å². The molecular formula is C23H18Cl2N2O2S. The number of carbonyl (C=O) groups excluding carboxylic acids is 1. The molecule has 0 N–H and O–H groups in total. The molecule has 1 saturated heterocycles. The number of thioether (sulfide) groups is 1. The summed E-state index contributed by atoms with van der Waals surface area (Å²) in [4.78, 5) is 19.4. The number of hydrogen-bond donors (Lipinski definition) is 0. The van der Waals surface area contributed by atoms with E-state index in [1.807, 2.05) is 31.2 Å². The van der Waals surface area contributed by atoms with Crippen LogP contribution in [0.5, 0.6) is 0 Å². The Morgan fingerprint density at radius 1 is 1.03 bits per heavy atom. The lowest BCUT2D eigenvalue weighted by atomic mass is 10.1. The quantitative estimate of drug-likeness (QED) is 0.394. The second-order valence-electron chi connectivity index (χ2n) is 6.96. The van der Waals surface area contributed by atoms with Gasteiger partial charge in [-0.25, -0.2) is 4.99 Å². The predicted octanol–water partition coefficient (Wildman–Crippen LogP) is 7.10. The molecule has 7 heteroatoms. The lowest BCUT2D eigenvalue weighted by molar-refractivity contribution is -0.121. The number of hydrogen-bond acceptors (Lipinski definition) is 4. The summed E-state index contributed by atoms with van der Waals surface area (Å²) in [6.45, 7) is 4.10. The van der Waals surface area contributed by atoms with Gasteiger partial charge in [-0.15, -0.1) is 0 Å². The molecule has 1 aromatic heterocycles. The number of carbonyl (C=O) groups is 1. The van der Waals surface area contributed by atoms with Crippen LogP contribution in [0.3, 0.4) is 0 Å². The van der Waals surface area contributed by atoms with Crippen LogP contribution < -0.4 is 0 Å². The molecule has 30 heavy (non-hydrogen) atoms. The summed E-state index contributed by atoms with van der Waals surface area (Å²) in [5, 5.41) is 1.74. The van der Waals surface area contributed by atoms with Crippen molar-refractivity contribution in [1.29, 1.82) is 0 Å². The van der Waals surface area contributed by atoms with Crippen LogP contribution >= 0.6 is 35.0 Å². The monoisotopic (exact) mass is 456 g/mol. The summed E-state index contributed by atoms with van der Waals surface area (Å²) in [7, 11) is 1.72. The molecule has 1 amide bonds. The summed E-state index contributed by atoms with van der Waals surface area (Å²) in [5.74, 6) is 1.02. The van der Waals surface area contributed by atoms with Gasteiger partial charge in [0, 0.05) is 23.7 Å². The highest BCUT2D eigenvalue weighted by Gasteiger charge is 2.30. The Hall–Kier alpha value is -2.47. The standard InChI is InChI=1S/C23H18Cl2N2O2S/c1-13-4-6-16(10-14(13)2)26-23-27(3)22(28)21(30-23)12-17-7-9-20(29-17)18-11-15(24)5-8-19(18)25/h4-12H,1-3H3/b21-12-,26-23?. The molecule has 0 atom stereocenters. The van der Waals surface area contributed by atoms with Crippen molar-refractivity contribution in [2.45, 2.75) is 13.8 Å². The Bertz CT molecular complexity index is 1210. The van der Waals surface area contributed by atoms with Gasteiger partial charge in [-0.05, 0) is 79.2 Å². The third kappa shape index (κ3) is 4.19. The van der Waals surface area contributed by atoms with Crippen molar-refractivity contribution in [1.82, 2.24) is 4.90 Å². The first-order valence-electron chi connectivity index (χ1n) is 9.20. The van der Waals surface area contributed by atoms with Crippen molar-refractivity contribution < 1.29 is 9.21 Å². The molecule has 3 aromatic rings. The largest absolute Gasteiger partial charge is 0.457 e. The fourth-order valence-corrected chi connectivity index (χ4v) is 4.30. The summed E-state index contributed by atoms with van der Waals surface area (Å²) in [5.41, 5.74) is 3.88. The maximum Gasteiger partial charge on any atom is 0.266 e. The van der Waals surface area contributed by atoms with E-state index < -0.39 is 0 Å². The molecule has 152 valence electrons. The molecule has 0 unspecified atom stereocenters. The number of rotatable bonds is 3. The zero-order valence-electron chi connectivity index (χ0n) is 16.6. The van der Waals surface area contributed by atoms with Crippen LogP contribution in [0, 0.1) is 13.8 Å². The molecule has 2 heterocycles. The number of benzene rings is 2. The Morgan fingerprint density at radius 2 is 1.83 bits per heavy atom. The summed E-state index contributed by atoms with van der Waals surface area (Å²) < 4.78 is 5.89. The first kappa shape index (κ1) is 20.8. The van der Waals surface area contributed by atoms with Crippen LogP contribution in [0.2, 0.25) is 10.0 Å². The fraction of sp³-hybridized carbons (Fsp3) is 0.130. The number of amides is 1. The van der Waals surface area contributed by atoms with Crippen molar-refractivity contribution in [3.63, 3.8) is 0 Å². The maximum atomic E-state index is 12.7. The number of nitrogens with zero attached hydrogens (tertiary/aromatic N) is 2. The average Bonchev–Trinajstić information content (AvgIpc) is 3.27. The van der Waals surface area contributed by atoms with E-state index in [4.69, 9.17) is 27.6 Å². The van der Waals surface area contributed by atoms with E-state index >= 15 is 0 Å². The van der Waals surface area contributed by atoms with Crippen LogP contribution in [0.15, 0.2) is 62.8 Å². The van der Waals surface area contributed by atoms with Gasteiger partial charge in [0.15, 0.2) is 5.17 Å². The average molecular weight is 457 g/mol. The predicted molar refractivity (Wildman–Crippen MR) is 126 cm³/mol. The number of aryl methyl sites for hydroxylation is 2. The van der Waals surface area contributed by atoms with E-state index in [-0.39, 0.29) is 5.91 Å². The molecule has 1 fully saturated rings. The Balaban J connectivity index is 1.61. The first-order valence-corrected chi connectivity index (χ1v) is 10.8. The highest BCUT2D eigenvalue weighted by atomic mass is 35.5. The molecule has 0 aliphatic carbocycles. The SMILES string of the molecule is Cc1ccc(N=C2S/C(=C\c3ccc(-c4cc(Cl)ccc4Cl)o3)C(=O)N2C)cc1C. The van der Waals surface area contributed by atoms with Crippen LogP contribution in [-0.4, -0.2) is 23.0 Å². The third-order valence-electron chi connectivity index (χ3n) is 4.81. The fourth-order valence-electron chi connectivity index (χ4n) is 2.95. The van der Waals surface area contributed by atoms with Gasteiger partial charge in [0.2, 0.25) is 0 Å². The van der Waals surface area contributed by atoms with Crippen LogP contribution in [0.25, 0.3) is 17.4 Å². The topological polar surface area (TPSA) is 45.8 Å². The second-order valence-corrected chi connectivity index (χ2v) is 8.82. The molecule has 2 aromatic carbocycles. The Kier molecular flexibility index (Phi) is 5.78. The van der Waals surface area contributed by atoms with Gasteiger partial charge in [0.05, 0.1) is 15.6 Å². The maximum absolute atomic E-state index is 12.7. The van der Waals surface area contributed by atoms with Crippen molar-refractivity contribution in [3.8, 4) is 11.3 Å². The van der Waals surface area contributed by atoms with E-state index in [0.717, 1.165) is 11.3 Å². The van der Waals surface area contributed by atoms with Crippen molar-refractivity contribution >= 4 is 57.8 Å². The molecule has 1 aliphatic rings. The zero-order chi connectivity index (χ0) is 21.4. The second kappa shape index (κ2) is 8.34. The number of halogens is 2. The Morgan fingerprint density at radius 3 is 2.60 bits per heavy atom. The van der Waals surface area contributed by atoms with Gasteiger partial charge in [-0.3, -0.25) is 9.69 Å². The number of likely N-dealkylation sites (N-methyl/N-ethyl adjacent to an activating group) is 1. The summed E-state index contributed by atoms with van der Waals surface area (Å²) in [6, 6.07) is 14.8. The number of amidine groups is 1. The molecule has 4 nitrogen and oxygen atoms in total. The summed E-state index contributed by atoms with van der Waals surface area (Å²) in [6.07, 6.45) is 1.72. The molecule has 0 bridgehead atoms. The van der Waals surface area contributed by atoms with Crippen LogP contribution in [0.1, 0.15) is 16.9 Å². The highest BCUT2D eigenvalue weighted by molar-refractivity contribution is 8.18. The molecule has 0 saturated carbocycles.